The van der Waals surface area contributed by atoms with Crippen LogP contribution in [0.3, 0.4) is 0 Å². The average Bonchev–Trinajstić information content (AvgIpc) is 2.53. The number of thiocarbonyl (C=S) groups is 1. The lowest BCUT2D eigenvalue weighted by Gasteiger charge is -2.19. The Bertz CT molecular complexity index is 685. The van der Waals surface area contributed by atoms with Gasteiger partial charge < -0.3 is 15.4 Å². The first-order valence-electron chi connectivity index (χ1n) is 6.35. The molecule has 0 aliphatic rings. The molecule has 0 atom stereocenters. The predicted octanol–water partition coefficient (Wildman–Crippen LogP) is 2.61. The van der Waals surface area contributed by atoms with Crippen molar-refractivity contribution in [2.45, 2.75) is 0 Å². The number of hydrogen-bond donors (Lipinski definition) is 1. The van der Waals surface area contributed by atoms with Crippen LogP contribution >= 0.6 is 12.2 Å². The van der Waals surface area contributed by atoms with Crippen molar-refractivity contribution in [1.82, 2.24) is 0 Å². The number of ether oxygens (including phenoxy) is 1. The number of hydrogen-bond acceptors (Lipinski definition) is 3. The molecule has 0 saturated carbocycles. The Balaban J connectivity index is 2.35. The second-order valence-corrected chi connectivity index (χ2v) is 4.92. The quantitative estimate of drug-likeness (QED) is 0.882. The van der Waals surface area contributed by atoms with E-state index in [1.165, 1.54) is 0 Å². The van der Waals surface area contributed by atoms with Gasteiger partial charge in [0.25, 0.3) is 5.91 Å². The molecular weight excluding hydrogens is 284 g/mol. The number of anilines is 1. The van der Waals surface area contributed by atoms with Gasteiger partial charge in [0, 0.05) is 18.3 Å². The van der Waals surface area contributed by atoms with E-state index in [2.05, 4.69) is 0 Å². The Labute approximate surface area is 129 Å². The molecule has 0 aliphatic carbocycles. The lowest BCUT2D eigenvalue weighted by molar-refractivity contribution is 0.0990. The molecule has 2 rings (SSSR count). The molecule has 108 valence electrons. The lowest BCUT2D eigenvalue weighted by atomic mass is 10.1. The van der Waals surface area contributed by atoms with E-state index in [-0.39, 0.29) is 5.91 Å². The molecule has 0 bridgehead atoms. The van der Waals surface area contributed by atoms with Gasteiger partial charge >= 0.3 is 0 Å². The number of rotatable bonds is 4. The minimum atomic E-state index is -0.160. The summed E-state index contributed by atoms with van der Waals surface area (Å²) in [7, 11) is 3.24. The molecule has 0 fully saturated rings. The molecule has 21 heavy (non-hydrogen) atoms. The summed E-state index contributed by atoms with van der Waals surface area (Å²) in [6.45, 7) is 0. The van der Waals surface area contributed by atoms with E-state index in [4.69, 9.17) is 22.7 Å². The monoisotopic (exact) mass is 300 g/mol. The Morgan fingerprint density at radius 2 is 1.90 bits per heavy atom. The second-order valence-electron chi connectivity index (χ2n) is 4.48. The Morgan fingerprint density at radius 3 is 2.57 bits per heavy atom. The molecule has 2 aromatic rings. The maximum Gasteiger partial charge on any atom is 0.261 e. The summed E-state index contributed by atoms with van der Waals surface area (Å²) in [5.74, 6) is 0.382. The van der Waals surface area contributed by atoms with Gasteiger partial charge in [-0.2, -0.15) is 0 Å². The van der Waals surface area contributed by atoms with E-state index < -0.39 is 0 Å². The third-order valence-electron chi connectivity index (χ3n) is 3.16. The first kappa shape index (κ1) is 15.0. The van der Waals surface area contributed by atoms with Crippen LogP contribution in [0.1, 0.15) is 15.9 Å². The zero-order chi connectivity index (χ0) is 15.4. The molecule has 0 aliphatic heterocycles. The van der Waals surface area contributed by atoms with Crippen molar-refractivity contribution < 1.29 is 9.53 Å². The van der Waals surface area contributed by atoms with Crippen LogP contribution in [0, 0.1) is 0 Å². The molecular formula is C16H16N2O2S. The number of carbonyl (C=O) groups excluding carboxylic acids is 1. The van der Waals surface area contributed by atoms with E-state index in [1.54, 1.807) is 43.3 Å². The maximum atomic E-state index is 12.6. The summed E-state index contributed by atoms with van der Waals surface area (Å²) in [4.78, 5) is 14.4. The first-order chi connectivity index (χ1) is 10.0. The van der Waals surface area contributed by atoms with Crippen LogP contribution in [0.4, 0.5) is 5.69 Å². The Morgan fingerprint density at radius 1 is 1.19 bits per heavy atom. The normalized spacial score (nSPS) is 10.0. The summed E-state index contributed by atoms with van der Waals surface area (Å²) in [6.07, 6.45) is 0. The number of carbonyl (C=O) groups is 1. The molecule has 5 heteroatoms. The van der Waals surface area contributed by atoms with Crippen molar-refractivity contribution in [2.24, 2.45) is 5.73 Å². The van der Waals surface area contributed by atoms with Crippen molar-refractivity contribution in [2.75, 3.05) is 19.1 Å². The van der Waals surface area contributed by atoms with Crippen LogP contribution in [0.2, 0.25) is 0 Å². The third-order valence-corrected chi connectivity index (χ3v) is 3.40. The van der Waals surface area contributed by atoms with E-state index in [9.17, 15) is 4.79 Å². The fourth-order valence-electron chi connectivity index (χ4n) is 1.99. The molecule has 0 unspecified atom stereocenters. The summed E-state index contributed by atoms with van der Waals surface area (Å²) in [5, 5.41) is 0. The van der Waals surface area contributed by atoms with Gasteiger partial charge in [0.2, 0.25) is 0 Å². The highest BCUT2D eigenvalue weighted by Crippen LogP contribution is 2.22. The third kappa shape index (κ3) is 3.20. The van der Waals surface area contributed by atoms with Gasteiger partial charge in [0.05, 0.1) is 12.7 Å². The van der Waals surface area contributed by atoms with Crippen LogP contribution in [-0.4, -0.2) is 25.1 Å². The highest BCUT2D eigenvalue weighted by molar-refractivity contribution is 7.80. The summed E-state index contributed by atoms with van der Waals surface area (Å²) in [6, 6.07) is 14.4. The standard InChI is InChI=1S/C16H16N2O2S/c1-18(12-7-5-6-11(10-12)15(17)21)16(19)13-8-3-4-9-14(13)20-2/h3-10H,1-2H3,(H2,17,21). The summed E-state index contributed by atoms with van der Waals surface area (Å²) >= 11 is 4.96. The number of methoxy groups -OCH3 is 1. The molecule has 2 aromatic carbocycles. The van der Waals surface area contributed by atoms with Gasteiger partial charge in [-0.15, -0.1) is 0 Å². The maximum absolute atomic E-state index is 12.6. The van der Waals surface area contributed by atoms with Crippen LogP contribution in [0.15, 0.2) is 48.5 Å². The fraction of sp³-hybridized carbons (Fsp3) is 0.125. The van der Waals surface area contributed by atoms with E-state index in [1.807, 2.05) is 24.3 Å². The van der Waals surface area contributed by atoms with E-state index in [0.717, 1.165) is 11.3 Å². The lowest BCUT2D eigenvalue weighted by Crippen LogP contribution is -2.27. The van der Waals surface area contributed by atoms with E-state index in [0.29, 0.717) is 16.3 Å². The second kappa shape index (κ2) is 6.37. The SMILES string of the molecule is COc1ccccc1C(=O)N(C)c1cccc(C(N)=S)c1. The number of nitrogens with zero attached hydrogens (tertiary/aromatic N) is 1. The smallest absolute Gasteiger partial charge is 0.261 e. The van der Waals surface area contributed by atoms with Gasteiger partial charge in [-0.25, -0.2) is 0 Å². The van der Waals surface area contributed by atoms with Crippen LogP contribution in [-0.2, 0) is 0 Å². The van der Waals surface area contributed by atoms with Crippen LogP contribution in [0.5, 0.6) is 5.75 Å². The molecule has 0 aromatic heterocycles. The number of benzene rings is 2. The van der Waals surface area contributed by atoms with Gasteiger partial charge in [-0.1, -0.05) is 36.5 Å². The van der Waals surface area contributed by atoms with Gasteiger partial charge in [-0.3, -0.25) is 4.79 Å². The minimum Gasteiger partial charge on any atom is -0.496 e. The highest BCUT2D eigenvalue weighted by Gasteiger charge is 2.17. The zero-order valence-electron chi connectivity index (χ0n) is 11.9. The van der Waals surface area contributed by atoms with Gasteiger partial charge in [-0.05, 0) is 24.3 Å². The number of nitrogens with two attached hydrogens (primary N) is 1. The van der Waals surface area contributed by atoms with Crippen molar-refractivity contribution in [1.29, 1.82) is 0 Å². The molecule has 0 spiro atoms. The topological polar surface area (TPSA) is 55.6 Å². The van der Waals surface area contributed by atoms with Gasteiger partial charge in [0.15, 0.2) is 0 Å². The van der Waals surface area contributed by atoms with Crippen LogP contribution < -0.4 is 15.4 Å². The average molecular weight is 300 g/mol. The van der Waals surface area contributed by atoms with Crippen molar-refractivity contribution in [3.8, 4) is 5.75 Å². The molecule has 0 saturated heterocycles. The fourth-order valence-corrected chi connectivity index (χ4v) is 2.11. The molecule has 1 amide bonds. The first-order valence-corrected chi connectivity index (χ1v) is 6.76. The predicted molar refractivity (Wildman–Crippen MR) is 88.1 cm³/mol. The summed E-state index contributed by atoms with van der Waals surface area (Å²) in [5.41, 5.74) is 7.57. The Kier molecular flexibility index (Phi) is 4.55. The van der Waals surface area contributed by atoms with Gasteiger partial charge in [0.1, 0.15) is 10.7 Å². The zero-order valence-corrected chi connectivity index (χ0v) is 12.7. The van der Waals surface area contributed by atoms with Crippen LogP contribution in [0.25, 0.3) is 0 Å². The van der Waals surface area contributed by atoms with Crippen molar-refractivity contribution >= 4 is 28.8 Å². The minimum absolute atomic E-state index is 0.160. The molecule has 0 radical (unpaired) electrons. The summed E-state index contributed by atoms with van der Waals surface area (Å²) < 4.78 is 5.23. The molecule has 4 nitrogen and oxygen atoms in total. The Hall–Kier alpha value is -2.40. The largest absolute Gasteiger partial charge is 0.496 e. The highest BCUT2D eigenvalue weighted by atomic mass is 32.1. The van der Waals surface area contributed by atoms with Crippen molar-refractivity contribution in [3.05, 3.63) is 59.7 Å². The molecule has 0 heterocycles. The molecule has 2 N–H and O–H groups in total. The van der Waals surface area contributed by atoms with E-state index >= 15 is 0 Å². The van der Waals surface area contributed by atoms with Crippen molar-refractivity contribution in [3.63, 3.8) is 0 Å². The number of amides is 1. The number of para-hydroxylation sites is 1.